The first-order valence-electron chi connectivity index (χ1n) is 11.4. The number of nitrogens with one attached hydrogen (secondary N) is 3. The lowest BCUT2D eigenvalue weighted by atomic mass is 9.96. The van der Waals surface area contributed by atoms with E-state index in [1.807, 2.05) is 0 Å². The summed E-state index contributed by atoms with van der Waals surface area (Å²) in [6.07, 6.45) is -0.297. The first kappa shape index (κ1) is 30.7. The number of carboxylic acids is 2. The maximum atomic E-state index is 13.1. The number of rotatable bonds is 15. The third-order valence-electron chi connectivity index (χ3n) is 5.60. The highest BCUT2D eigenvalue weighted by Crippen LogP contribution is 2.13. The zero-order chi connectivity index (χ0) is 27.4. The maximum Gasteiger partial charge on any atom is 0.326 e. The van der Waals surface area contributed by atoms with Crippen LogP contribution in [0.1, 0.15) is 38.7 Å². The Morgan fingerprint density at radius 3 is 2.03 bits per heavy atom. The summed E-state index contributed by atoms with van der Waals surface area (Å²) in [6, 6.07) is 1.04. The molecule has 1 aromatic rings. The van der Waals surface area contributed by atoms with Crippen LogP contribution in [0.2, 0.25) is 0 Å². The van der Waals surface area contributed by atoms with E-state index in [9.17, 15) is 34.2 Å². The summed E-state index contributed by atoms with van der Waals surface area (Å²) in [5.74, 6) is -5.16. The van der Waals surface area contributed by atoms with Gasteiger partial charge in [0.25, 0.3) is 0 Å². The number of amides is 3. The van der Waals surface area contributed by atoms with Crippen LogP contribution in [0.3, 0.4) is 0 Å². The van der Waals surface area contributed by atoms with Gasteiger partial charge in [-0.3, -0.25) is 19.2 Å². The van der Waals surface area contributed by atoms with E-state index in [0.29, 0.717) is 12.0 Å². The average molecular weight is 527 g/mol. The number of carbonyl (C=O) groups excluding carboxylic acids is 3. The molecule has 0 aliphatic heterocycles. The monoisotopic (exact) mass is 526 g/mol. The summed E-state index contributed by atoms with van der Waals surface area (Å²) in [4.78, 5) is 61.0. The van der Waals surface area contributed by atoms with Crippen LogP contribution >= 0.6 is 12.6 Å². The van der Waals surface area contributed by atoms with Crippen LogP contribution < -0.4 is 21.7 Å². The van der Waals surface area contributed by atoms with Crippen LogP contribution in [0.4, 0.5) is 0 Å². The first-order valence-corrected chi connectivity index (χ1v) is 12.0. The fourth-order valence-electron chi connectivity index (χ4n) is 3.18. The van der Waals surface area contributed by atoms with Gasteiger partial charge in [0, 0.05) is 18.6 Å². The molecule has 0 spiro atoms. The third kappa shape index (κ3) is 10.1. The Morgan fingerprint density at radius 1 is 0.944 bits per heavy atom. The van der Waals surface area contributed by atoms with Crippen molar-refractivity contribution < 1.29 is 39.3 Å². The number of carbonyl (C=O) groups is 5. The average Bonchev–Trinajstić information content (AvgIpc) is 2.84. The number of hydrogen-bond donors (Lipinski definition) is 8. The SMILES string of the molecule is CCC(C)C(NC(=O)C(CCC(=O)O)NC(=O)C(N)CS)C(=O)NC(Cc1ccc(O)cc1)C(=O)O. The molecule has 0 saturated heterocycles. The minimum absolute atomic E-state index is 0.00535. The van der Waals surface area contributed by atoms with Gasteiger partial charge in [-0.25, -0.2) is 4.79 Å². The van der Waals surface area contributed by atoms with Crippen molar-refractivity contribution in [3.8, 4) is 5.75 Å². The summed E-state index contributed by atoms with van der Waals surface area (Å²) in [5, 5.41) is 35.4. The van der Waals surface area contributed by atoms with Gasteiger partial charge in [-0.15, -0.1) is 0 Å². The zero-order valence-electron chi connectivity index (χ0n) is 20.1. The third-order valence-corrected chi connectivity index (χ3v) is 5.99. The number of phenols is 1. The number of benzene rings is 1. The van der Waals surface area contributed by atoms with Crippen molar-refractivity contribution in [3.05, 3.63) is 29.8 Å². The van der Waals surface area contributed by atoms with Crippen LogP contribution in [0.25, 0.3) is 0 Å². The summed E-state index contributed by atoms with van der Waals surface area (Å²) in [5.41, 5.74) is 6.18. The lowest BCUT2D eigenvalue weighted by Gasteiger charge is -2.28. The molecule has 1 aromatic carbocycles. The van der Waals surface area contributed by atoms with Crippen molar-refractivity contribution in [2.24, 2.45) is 11.7 Å². The fourth-order valence-corrected chi connectivity index (χ4v) is 3.35. The second-order valence-corrected chi connectivity index (χ2v) is 8.79. The van der Waals surface area contributed by atoms with Gasteiger partial charge in [0.05, 0.1) is 6.04 Å². The summed E-state index contributed by atoms with van der Waals surface area (Å²) >= 11 is 3.93. The lowest BCUT2D eigenvalue weighted by Crippen LogP contribution is -2.59. The lowest BCUT2D eigenvalue weighted by molar-refractivity contribution is -0.142. The van der Waals surface area contributed by atoms with E-state index in [0.717, 1.165) is 0 Å². The smallest absolute Gasteiger partial charge is 0.326 e. The Kier molecular flexibility index (Phi) is 12.7. The van der Waals surface area contributed by atoms with Gasteiger partial charge in [0.15, 0.2) is 0 Å². The van der Waals surface area contributed by atoms with Gasteiger partial charge in [0.2, 0.25) is 17.7 Å². The van der Waals surface area contributed by atoms with Gasteiger partial charge >= 0.3 is 11.9 Å². The molecule has 0 aliphatic rings. The molecule has 36 heavy (non-hydrogen) atoms. The topological polar surface area (TPSA) is 208 Å². The van der Waals surface area contributed by atoms with E-state index < -0.39 is 66.2 Å². The minimum atomic E-state index is -1.32. The van der Waals surface area contributed by atoms with Crippen LogP contribution in [-0.4, -0.2) is 74.9 Å². The van der Waals surface area contributed by atoms with Crippen LogP contribution in [0.5, 0.6) is 5.75 Å². The molecule has 13 heteroatoms. The van der Waals surface area contributed by atoms with E-state index in [1.165, 1.54) is 24.3 Å². The second-order valence-electron chi connectivity index (χ2n) is 8.42. The number of hydrogen-bond acceptors (Lipinski definition) is 8. The normalized spacial score (nSPS) is 15.0. The van der Waals surface area contributed by atoms with Crippen molar-refractivity contribution in [2.45, 2.75) is 63.7 Å². The van der Waals surface area contributed by atoms with Crippen LogP contribution in [0, 0.1) is 5.92 Å². The molecule has 8 N–H and O–H groups in total. The Bertz CT molecular complexity index is 927. The minimum Gasteiger partial charge on any atom is -0.508 e. The van der Waals surface area contributed by atoms with Gasteiger partial charge in [-0.05, 0) is 30.0 Å². The number of carboxylic acid groups (broad SMARTS) is 2. The molecule has 0 aromatic heterocycles. The number of thiol groups is 1. The Morgan fingerprint density at radius 2 is 1.53 bits per heavy atom. The Labute approximate surface area is 214 Å². The predicted octanol–water partition coefficient (Wildman–Crippen LogP) is -0.358. The van der Waals surface area contributed by atoms with Gasteiger partial charge < -0.3 is 37.0 Å². The quantitative estimate of drug-likeness (QED) is 0.140. The number of nitrogens with two attached hydrogens (primary N) is 1. The molecule has 0 radical (unpaired) electrons. The first-order chi connectivity index (χ1) is 16.9. The Hall–Kier alpha value is -3.32. The number of phenolic OH excluding ortho intramolecular Hbond substituents is 1. The molecule has 0 bridgehead atoms. The molecule has 1 rings (SSSR count). The van der Waals surface area contributed by atoms with Crippen LogP contribution in [-0.2, 0) is 30.4 Å². The molecule has 3 amide bonds. The standard InChI is InChI=1S/C23H34N4O8S/c1-3-12(2)19(22(33)26-17(23(34)35)10-13-4-6-14(28)7-5-13)27-21(32)16(8-9-18(29)30)25-20(31)15(24)11-36/h4-7,12,15-17,19,28,36H,3,8-11,24H2,1-2H3,(H,25,31)(H,26,33)(H,27,32)(H,29,30)(H,34,35). The highest BCUT2D eigenvalue weighted by atomic mass is 32.1. The molecular weight excluding hydrogens is 492 g/mol. The molecule has 0 fully saturated rings. The summed E-state index contributed by atoms with van der Waals surface area (Å²) < 4.78 is 0. The molecule has 200 valence electrons. The van der Waals surface area contributed by atoms with E-state index in [4.69, 9.17) is 10.8 Å². The highest BCUT2D eigenvalue weighted by molar-refractivity contribution is 7.80. The molecule has 0 aliphatic carbocycles. The zero-order valence-corrected chi connectivity index (χ0v) is 21.0. The van der Waals surface area contributed by atoms with Crippen molar-refractivity contribution in [1.29, 1.82) is 0 Å². The Balaban J connectivity index is 3.05. The summed E-state index contributed by atoms with van der Waals surface area (Å²) in [6.45, 7) is 3.46. The highest BCUT2D eigenvalue weighted by Gasteiger charge is 2.33. The largest absolute Gasteiger partial charge is 0.508 e. The predicted molar refractivity (Wildman–Crippen MR) is 133 cm³/mol. The van der Waals surface area contributed by atoms with Crippen molar-refractivity contribution in [2.75, 3.05) is 5.75 Å². The summed E-state index contributed by atoms with van der Waals surface area (Å²) in [7, 11) is 0. The molecule has 0 heterocycles. The van der Waals surface area contributed by atoms with Crippen molar-refractivity contribution >= 4 is 42.3 Å². The number of aliphatic carboxylic acids is 2. The fraction of sp³-hybridized carbons (Fsp3) is 0.522. The molecule has 5 atom stereocenters. The van der Waals surface area contributed by atoms with Crippen molar-refractivity contribution in [1.82, 2.24) is 16.0 Å². The van der Waals surface area contributed by atoms with E-state index >= 15 is 0 Å². The van der Waals surface area contributed by atoms with Crippen molar-refractivity contribution in [3.63, 3.8) is 0 Å². The van der Waals surface area contributed by atoms with Gasteiger partial charge in [-0.1, -0.05) is 32.4 Å². The second kappa shape index (κ2) is 14.9. The van der Waals surface area contributed by atoms with Crippen LogP contribution in [0.15, 0.2) is 24.3 Å². The van der Waals surface area contributed by atoms with E-state index in [1.54, 1.807) is 13.8 Å². The molecule has 12 nitrogen and oxygen atoms in total. The molecule has 0 saturated carbocycles. The van der Waals surface area contributed by atoms with E-state index in [2.05, 4.69) is 28.6 Å². The maximum absolute atomic E-state index is 13.1. The molecular formula is C23H34N4O8S. The van der Waals surface area contributed by atoms with Gasteiger partial charge in [-0.2, -0.15) is 12.6 Å². The number of aromatic hydroxyl groups is 1. The molecule has 5 unspecified atom stereocenters. The van der Waals surface area contributed by atoms with E-state index in [-0.39, 0.29) is 24.3 Å². The van der Waals surface area contributed by atoms with Gasteiger partial charge in [0.1, 0.15) is 23.9 Å².